The molecule has 1 aromatic heterocycles. The number of H-pyrrole nitrogens is 1. The second kappa shape index (κ2) is 4.58. The molecule has 0 atom stereocenters. The third-order valence-corrected chi connectivity index (χ3v) is 2.97. The number of para-hydroxylation sites is 2. The summed E-state index contributed by atoms with van der Waals surface area (Å²) >= 11 is 5.29. The normalized spacial score (nSPS) is 10.4. The molecule has 0 spiro atoms. The summed E-state index contributed by atoms with van der Waals surface area (Å²) in [6.07, 6.45) is 0. The zero-order valence-corrected chi connectivity index (χ0v) is 10.4. The van der Waals surface area contributed by atoms with Crippen LogP contribution in [0.25, 0.3) is 10.9 Å². The summed E-state index contributed by atoms with van der Waals surface area (Å²) in [6, 6.07) is 17.8. The predicted octanol–water partition coefficient (Wildman–Crippen LogP) is 4.04. The van der Waals surface area contributed by atoms with Gasteiger partial charge in [-0.2, -0.15) is 0 Å². The fraction of sp³-hybridized carbons (Fsp3) is 0. The molecule has 18 heavy (non-hydrogen) atoms. The van der Waals surface area contributed by atoms with Crippen LogP contribution < -0.4 is 5.32 Å². The summed E-state index contributed by atoms with van der Waals surface area (Å²) < 4.78 is 0.600. The molecule has 2 aromatic carbocycles. The van der Waals surface area contributed by atoms with Crippen molar-refractivity contribution < 1.29 is 0 Å². The SMILES string of the molecule is S=c1nc(Nc2ccccc2)[nH]c2ccccc12. The van der Waals surface area contributed by atoms with Gasteiger partial charge in [-0.15, -0.1) is 0 Å². The zero-order valence-electron chi connectivity index (χ0n) is 9.55. The Morgan fingerprint density at radius 1 is 0.944 bits per heavy atom. The lowest BCUT2D eigenvalue weighted by molar-refractivity contribution is 1.20. The van der Waals surface area contributed by atoms with Crippen LogP contribution in [-0.2, 0) is 0 Å². The van der Waals surface area contributed by atoms with Crippen molar-refractivity contribution in [1.29, 1.82) is 0 Å². The molecule has 0 unspecified atom stereocenters. The Morgan fingerprint density at radius 2 is 1.67 bits per heavy atom. The van der Waals surface area contributed by atoms with Crippen molar-refractivity contribution in [3.8, 4) is 0 Å². The standard InChI is InChI=1S/C14H11N3S/c18-13-11-8-4-5-9-12(11)16-14(17-13)15-10-6-2-1-3-7-10/h1-9H,(H2,15,16,17,18). The highest BCUT2D eigenvalue weighted by Gasteiger charge is 2.00. The highest BCUT2D eigenvalue weighted by Crippen LogP contribution is 2.17. The number of hydrogen-bond donors (Lipinski definition) is 2. The Labute approximate surface area is 110 Å². The molecule has 0 aliphatic rings. The maximum atomic E-state index is 5.29. The molecule has 0 aliphatic carbocycles. The number of hydrogen-bond acceptors (Lipinski definition) is 3. The Morgan fingerprint density at radius 3 is 2.50 bits per heavy atom. The van der Waals surface area contributed by atoms with E-state index in [1.165, 1.54) is 0 Å². The van der Waals surface area contributed by atoms with Crippen molar-refractivity contribution >= 4 is 34.8 Å². The first-order chi connectivity index (χ1) is 8.83. The minimum atomic E-state index is 0.600. The molecule has 3 rings (SSSR count). The van der Waals surface area contributed by atoms with Crippen LogP contribution in [0, 0.1) is 4.64 Å². The Hall–Kier alpha value is -2.20. The Bertz CT molecular complexity index is 735. The van der Waals surface area contributed by atoms with Crippen LogP contribution in [0.5, 0.6) is 0 Å². The molecule has 88 valence electrons. The first kappa shape index (κ1) is 10.9. The monoisotopic (exact) mass is 253 g/mol. The third-order valence-electron chi connectivity index (χ3n) is 2.66. The van der Waals surface area contributed by atoms with Gasteiger partial charge in [0.25, 0.3) is 0 Å². The quantitative estimate of drug-likeness (QED) is 0.677. The number of fused-ring (bicyclic) bond motifs is 1. The van der Waals surface area contributed by atoms with E-state index in [4.69, 9.17) is 12.2 Å². The number of benzene rings is 2. The van der Waals surface area contributed by atoms with Crippen LogP contribution in [0.4, 0.5) is 11.6 Å². The number of anilines is 2. The fourth-order valence-electron chi connectivity index (χ4n) is 1.81. The summed E-state index contributed by atoms with van der Waals surface area (Å²) in [6.45, 7) is 0. The maximum Gasteiger partial charge on any atom is 0.206 e. The summed E-state index contributed by atoms with van der Waals surface area (Å²) in [7, 11) is 0. The van der Waals surface area contributed by atoms with Crippen molar-refractivity contribution in [2.24, 2.45) is 0 Å². The highest BCUT2D eigenvalue weighted by molar-refractivity contribution is 7.71. The number of aromatic amines is 1. The van der Waals surface area contributed by atoms with Gasteiger partial charge in [-0.3, -0.25) is 0 Å². The minimum absolute atomic E-state index is 0.600. The van der Waals surface area contributed by atoms with Gasteiger partial charge in [0.1, 0.15) is 4.64 Å². The number of aromatic nitrogens is 2. The maximum absolute atomic E-state index is 5.29. The molecule has 0 radical (unpaired) electrons. The molecular formula is C14H11N3S. The molecule has 0 saturated carbocycles. The van der Waals surface area contributed by atoms with E-state index in [9.17, 15) is 0 Å². The lowest BCUT2D eigenvalue weighted by Crippen LogP contribution is -1.97. The van der Waals surface area contributed by atoms with E-state index in [-0.39, 0.29) is 0 Å². The van der Waals surface area contributed by atoms with Gasteiger partial charge in [0.2, 0.25) is 5.95 Å². The van der Waals surface area contributed by atoms with E-state index in [1.54, 1.807) is 0 Å². The van der Waals surface area contributed by atoms with Crippen molar-refractivity contribution in [1.82, 2.24) is 9.97 Å². The van der Waals surface area contributed by atoms with Gasteiger partial charge in [-0.1, -0.05) is 42.5 Å². The molecule has 4 heteroatoms. The Balaban J connectivity index is 2.06. The smallest absolute Gasteiger partial charge is 0.206 e. The van der Waals surface area contributed by atoms with E-state index in [0.717, 1.165) is 16.6 Å². The first-order valence-corrected chi connectivity index (χ1v) is 6.05. The predicted molar refractivity (Wildman–Crippen MR) is 76.7 cm³/mol. The van der Waals surface area contributed by atoms with Crippen LogP contribution >= 0.6 is 12.2 Å². The average molecular weight is 253 g/mol. The van der Waals surface area contributed by atoms with E-state index >= 15 is 0 Å². The summed E-state index contributed by atoms with van der Waals surface area (Å²) in [5.74, 6) is 0.657. The van der Waals surface area contributed by atoms with Crippen LogP contribution in [0.3, 0.4) is 0 Å². The fourth-order valence-corrected chi connectivity index (χ4v) is 2.08. The average Bonchev–Trinajstić information content (AvgIpc) is 2.40. The summed E-state index contributed by atoms with van der Waals surface area (Å²) in [4.78, 5) is 7.57. The van der Waals surface area contributed by atoms with E-state index in [1.807, 2.05) is 54.6 Å². The van der Waals surface area contributed by atoms with Crippen LogP contribution in [0.1, 0.15) is 0 Å². The topological polar surface area (TPSA) is 40.7 Å². The number of nitrogens with one attached hydrogen (secondary N) is 2. The molecule has 0 aliphatic heterocycles. The van der Waals surface area contributed by atoms with Gasteiger partial charge in [-0.05, 0) is 24.3 Å². The molecule has 1 heterocycles. The molecule has 3 nitrogen and oxygen atoms in total. The summed E-state index contributed by atoms with van der Waals surface area (Å²) in [5.41, 5.74) is 1.96. The second-order valence-corrected chi connectivity index (χ2v) is 4.31. The van der Waals surface area contributed by atoms with Gasteiger partial charge in [0.15, 0.2) is 0 Å². The van der Waals surface area contributed by atoms with Crippen molar-refractivity contribution in [3.63, 3.8) is 0 Å². The van der Waals surface area contributed by atoms with Gasteiger partial charge in [0, 0.05) is 11.1 Å². The lowest BCUT2D eigenvalue weighted by Gasteiger charge is -2.06. The van der Waals surface area contributed by atoms with Gasteiger partial charge < -0.3 is 10.3 Å². The van der Waals surface area contributed by atoms with E-state index < -0.39 is 0 Å². The largest absolute Gasteiger partial charge is 0.326 e. The van der Waals surface area contributed by atoms with Gasteiger partial charge in [0.05, 0.1) is 5.52 Å². The van der Waals surface area contributed by atoms with Crippen molar-refractivity contribution in [2.45, 2.75) is 0 Å². The molecule has 0 amide bonds. The molecule has 3 aromatic rings. The van der Waals surface area contributed by atoms with Crippen molar-refractivity contribution in [2.75, 3.05) is 5.32 Å². The van der Waals surface area contributed by atoms with E-state index in [2.05, 4.69) is 15.3 Å². The van der Waals surface area contributed by atoms with Gasteiger partial charge in [-0.25, -0.2) is 4.98 Å². The van der Waals surface area contributed by atoms with E-state index in [0.29, 0.717) is 10.6 Å². The van der Waals surface area contributed by atoms with Crippen LogP contribution in [0.15, 0.2) is 54.6 Å². The molecular weight excluding hydrogens is 242 g/mol. The van der Waals surface area contributed by atoms with Crippen LogP contribution in [0.2, 0.25) is 0 Å². The minimum Gasteiger partial charge on any atom is -0.326 e. The van der Waals surface area contributed by atoms with Crippen LogP contribution in [-0.4, -0.2) is 9.97 Å². The summed E-state index contributed by atoms with van der Waals surface area (Å²) in [5, 5.41) is 4.17. The van der Waals surface area contributed by atoms with Crippen molar-refractivity contribution in [3.05, 3.63) is 59.2 Å². The van der Waals surface area contributed by atoms with Gasteiger partial charge >= 0.3 is 0 Å². The molecule has 0 fully saturated rings. The molecule has 0 bridgehead atoms. The number of rotatable bonds is 2. The Kier molecular flexibility index (Phi) is 2.78. The zero-order chi connectivity index (χ0) is 12.4. The first-order valence-electron chi connectivity index (χ1n) is 5.64. The molecule has 2 N–H and O–H groups in total. The lowest BCUT2D eigenvalue weighted by atomic mass is 10.2. The highest BCUT2D eigenvalue weighted by atomic mass is 32.1. The third kappa shape index (κ3) is 2.10. The number of nitrogens with zero attached hydrogens (tertiary/aromatic N) is 1. The second-order valence-electron chi connectivity index (χ2n) is 3.93. The molecule has 0 saturated heterocycles.